The first-order valence-electron chi connectivity index (χ1n) is 15.0. The number of hydrogen-bond donors (Lipinski definition) is 0. The summed E-state index contributed by atoms with van der Waals surface area (Å²) in [6, 6.07) is 0. The highest BCUT2D eigenvalue weighted by atomic mass is 15.3. The first-order valence-corrected chi connectivity index (χ1v) is 15.0. The van der Waals surface area contributed by atoms with Crippen molar-refractivity contribution < 1.29 is 0 Å². The molecule has 0 aromatic rings. The molecule has 0 radical (unpaired) electrons. The molecule has 0 amide bonds. The van der Waals surface area contributed by atoms with Gasteiger partial charge in [0.05, 0.1) is 0 Å². The summed E-state index contributed by atoms with van der Waals surface area (Å²) in [6.45, 7) is 30.1. The summed E-state index contributed by atoms with van der Waals surface area (Å²) in [5.74, 6) is 1.88. The smallest absolute Gasteiger partial charge is 0.0153 e. The Kier molecular flexibility index (Phi) is 6.94. The fraction of sp³-hybridized carbons (Fsp3) is 1.00. The van der Waals surface area contributed by atoms with Gasteiger partial charge >= 0.3 is 0 Å². The van der Waals surface area contributed by atoms with Crippen molar-refractivity contribution in [1.82, 2.24) is 9.80 Å². The second-order valence-electron chi connectivity index (χ2n) is 17.1. The van der Waals surface area contributed by atoms with Crippen LogP contribution in [0.5, 0.6) is 0 Å². The molecule has 4 fully saturated rings. The third-order valence-corrected chi connectivity index (χ3v) is 11.8. The molecule has 4 rings (SSSR count). The molecule has 2 spiro atoms. The summed E-state index contributed by atoms with van der Waals surface area (Å²) in [5, 5.41) is 0. The van der Waals surface area contributed by atoms with E-state index in [9.17, 15) is 0 Å². The van der Waals surface area contributed by atoms with Crippen molar-refractivity contribution in [3.8, 4) is 0 Å². The Balaban J connectivity index is 1.22. The third kappa shape index (κ3) is 5.44. The van der Waals surface area contributed by atoms with E-state index < -0.39 is 0 Å². The van der Waals surface area contributed by atoms with Crippen LogP contribution in [0.4, 0.5) is 0 Å². The maximum absolute atomic E-state index is 2.87. The summed E-state index contributed by atoms with van der Waals surface area (Å²) in [6.07, 6.45) is 14.5. The highest BCUT2D eigenvalue weighted by molar-refractivity contribution is 5.04. The van der Waals surface area contributed by atoms with Crippen molar-refractivity contribution in [3.63, 3.8) is 0 Å². The van der Waals surface area contributed by atoms with E-state index in [1.165, 1.54) is 90.4 Å². The Hall–Kier alpha value is -0.0800. The van der Waals surface area contributed by atoms with Crippen LogP contribution in [0.2, 0.25) is 0 Å². The zero-order chi connectivity index (χ0) is 25.2. The summed E-state index contributed by atoms with van der Waals surface area (Å²) in [4.78, 5) is 5.57. The molecule has 0 aromatic carbocycles. The van der Waals surface area contributed by atoms with Gasteiger partial charge in [0.2, 0.25) is 0 Å². The topological polar surface area (TPSA) is 6.48 Å². The summed E-state index contributed by atoms with van der Waals surface area (Å²) >= 11 is 0. The first-order chi connectivity index (χ1) is 15.5. The van der Waals surface area contributed by atoms with Gasteiger partial charge in [0.25, 0.3) is 0 Å². The highest BCUT2D eigenvalue weighted by Crippen LogP contribution is 2.58. The van der Waals surface area contributed by atoms with Crippen LogP contribution >= 0.6 is 0 Å². The predicted molar refractivity (Wildman–Crippen MR) is 148 cm³/mol. The second-order valence-corrected chi connectivity index (χ2v) is 17.1. The van der Waals surface area contributed by atoms with E-state index in [2.05, 4.69) is 79.0 Å². The van der Waals surface area contributed by atoms with Crippen LogP contribution in [0, 0.1) is 33.5 Å². The molecule has 4 aliphatic rings. The molecule has 0 aromatic heterocycles. The lowest BCUT2D eigenvalue weighted by atomic mass is 9.51. The van der Waals surface area contributed by atoms with Crippen molar-refractivity contribution in [1.29, 1.82) is 0 Å². The molecule has 0 unspecified atom stereocenters. The van der Waals surface area contributed by atoms with E-state index in [0.29, 0.717) is 32.7 Å². The molecule has 0 N–H and O–H groups in total. The fourth-order valence-electron chi connectivity index (χ4n) is 8.15. The maximum Gasteiger partial charge on any atom is 0.0153 e. The molecule has 34 heavy (non-hydrogen) atoms. The Bertz CT molecular complexity index is 624. The summed E-state index contributed by atoms with van der Waals surface area (Å²) in [5.41, 5.74) is 3.06. The molecule has 2 heterocycles. The molecule has 2 nitrogen and oxygen atoms in total. The van der Waals surface area contributed by atoms with Crippen LogP contribution in [-0.2, 0) is 0 Å². The van der Waals surface area contributed by atoms with Crippen molar-refractivity contribution >= 4 is 0 Å². The van der Waals surface area contributed by atoms with Gasteiger partial charge in [-0.2, -0.15) is 0 Å². The van der Waals surface area contributed by atoms with Gasteiger partial charge in [0.1, 0.15) is 0 Å². The average molecular weight is 473 g/mol. The lowest BCUT2D eigenvalue weighted by molar-refractivity contribution is -0.0948. The molecule has 0 bridgehead atoms. The average Bonchev–Trinajstić information content (AvgIpc) is 2.67. The van der Waals surface area contributed by atoms with Crippen molar-refractivity contribution in [3.05, 3.63) is 0 Å². The minimum Gasteiger partial charge on any atom is -0.298 e. The van der Waals surface area contributed by atoms with Gasteiger partial charge in [-0.3, -0.25) is 9.80 Å². The Morgan fingerprint density at radius 3 is 1.62 bits per heavy atom. The number of piperidine rings is 1. The molecule has 2 aliphatic carbocycles. The second kappa shape index (κ2) is 8.75. The first kappa shape index (κ1) is 27.0. The van der Waals surface area contributed by atoms with E-state index in [1.807, 2.05) is 0 Å². The zero-order valence-electron chi connectivity index (χ0n) is 24.9. The number of hydrogen-bond acceptors (Lipinski definition) is 2. The normalized spacial score (nSPS) is 29.3. The molecule has 2 heteroatoms. The van der Waals surface area contributed by atoms with Gasteiger partial charge in [0, 0.05) is 24.2 Å². The molecule has 2 saturated heterocycles. The Morgan fingerprint density at radius 2 is 1.15 bits per heavy atom. The number of likely N-dealkylation sites (tertiary alicyclic amines) is 2. The monoisotopic (exact) mass is 472 g/mol. The standard InChI is InChI=1S/C32H60N2/c1-27(2,3)26-21-31(22-26)17-19-33(20-18-31)30(9,10)16-15-29(7,8)25-11-13-32(14-12-25)23-34(24-32)28(4,5)6/h25-26H,11-24H2,1-10H3. The lowest BCUT2D eigenvalue weighted by Crippen LogP contribution is -2.63. The molecule has 0 atom stereocenters. The van der Waals surface area contributed by atoms with E-state index in [1.54, 1.807) is 0 Å². The molecular weight excluding hydrogens is 412 g/mol. The van der Waals surface area contributed by atoms with Gasteiger partial charge in [0.15, 0.2) is 0 Å². The van der Waals surface area contributed by atoms with Gasteiger partial charge in [-0.25, -0.2) is 0 Å². The Morgan fingerprint density at radius 1 is 0.618 bits per heavy atom. The lowest BCUT2D eigenvalue weighted by Gasteiger charge is -2.59. The van der Waals surface area contributed by atoms with E-state index >= 15 is 0 Å². The van der Waals surface area contributed by atoms with E-state index in [4.69, 9.17) is 0 Å². The quantitative estimate of drug-likeness (QED) is 0.396. The maximum atomic E-state index is 2.87. The fourth-order valence-corrected chi connectivity index (χ4v) is 8.15. The van der Waals surface area contributed by atoms with Gasteiger partial charge in [-0.1, -0.05) is 34.6 Å². The molecule has 2 aliphatic heterocycles. The molecule has 198 valence electrons. The minimum atomic E-state index is 0.350. The highest BCUT2D eigenvalue weighted by Gasteiger charge is 2.51. The van der Waals surface area contributed by atoms with Gasteiger partial charge < -0.3 is 0 Å². The zero-order valence-corrected chi connectivity index (χ0v) is 24.9. The van der Waals surface area contributed by atoms with Crippen LogP contribution in [-0.4, -0.2) is 47.1 Å². The van der Waals surface area contributed by atoms with Gasteiger partial charge in [-0.05, 0) is 145 Å². The molecule has 2 saturated carbocycles. The van der Waals surface area contributed by atoms with Crippen LogP contribution in [0.3, 0.4) is 0 Å². The number of rotatable bonds is 5. The minimum absolute atomic E-state index is 0.350. The van der Waals surface area contributed by atoms with Crippen molar-refractivity contribution in [2.75, 3.05) is 26.2 Å². The van der Waals surface area contributed by atoms with Gasteiger partial charge in [-0.15, -0.1) is 0 Å². The van der Waals surface area contributed by atoms with Crippen LogP contribution in [0.15, 0.2) is 0 Å². The summed E-state index contributed by atoms with van der Waals surface area (Å²) < 4.78 is 0. The van der Waals surface area contributed by atoms with Crippen LogP contribution in [0.25, 0.3) is 0 Å². The van der Waals surface area contributed by atoms with E-state index in [-0.39, 0.29) is 0 Å². The van der Waals surface area contributed by atoms with Crippen molar-refractivity contribution in [2.45, 2.75) is 145 Å². The number of nitrogens with zero attached hydrogens (tertiary/aromatic N) is 2. The van der Waals surface area contributed by atoms with Crippen LogP contribution < -0.4 is 0 Å². The SMILES string of the molecule is CC(C)(C)C1CC2(CCN(C(C)(C)CCC(C)(C)C3CCC4(CC3)CN(C(C)(C)C)C4)CC2)C1. The van der Waals surface area contributed by atoms with Crippen molar-refractivity contribution in [2.24, 2.45) is 33.5 Å². The Labute approximate surface area is 214 Å². The predicted octanol–water partition coefficient (Wildman–Crippen LogP) is 8.40. The van der Waals surface area contributed by atoms with E-state index in [0.717, 1.165) is 11.8 Å². The molecular formula is C32H60N2. The summed E-state index contributed by atoms with van der Waals surface area (Å²) in [7, 11) is 0. The third-order valence-electron chi connectivity index (χ3n) is 11.8. The van der Waals surface area contributed by atoms with Crippen LogP contribution in [0.1, 0.15) is 133 Å². The largest absolute Gasteiger partial charge is 0.298 e.